The van der Waals surface area contributed by atoms with E-state index in [0.717, 1.165) is 0 Å². The van der Waals surface area contributed by atoms with Crippen LogP contribution in [0.3, 0.4) is 0 Å². The van der Waals surface area contributed by atoms with E-state index in [1.807, 2.05) is 18.2 Å². The van der Waals surface area contributed by atoms with Crippen LogP contribution in [0.1, 0.15) is 27.7 Å². The highest BCUT2D eigenvalue weighted by atomic mass is 32.2. The van der Waals surface area contributed by atoms with Gasteiger partial charge in [0.1, 0.15) is 6.26 Å². The Bertz CT molecular complexity index is 1040. The summed E-state index contributed by atoms with van der Waals surface area (Å²) in [5.74, 6) is 0.221. The molecule has 0 atom stereocenters. The molecule has 2 heterocycles. The lowest BCUT2D eigenvalue weighted by Crippen LogP contribution is -2.40. The van der Waals surface area contributed by atoms with Crippen LogP contribution < -0.4 is 10.9 Å². The van der Waals surface area contributed by atoms with Crippen molar-refractivity contribution < 1.29 is 9.32 Å². The lowest BCUT2D eigenvalue weighted by Gasteiger charge is -2.30. The van der Waals surface area contributed by atoms with Crippen LogP contribution >= 0.6 is 11.8 Å². The molecule has 0 aliphatic carbocycles. The van der Waals surface area contributed by atoms with Gasteiger partial charge in [0.15, 0.2) is 11.0 Å². The van der Waals surface area contributed by atoms with Gasteiger partial charge in [-0.25, -0.2) is 4.98 Å². The van der Waals surface area contributed by atoms with Crippen molar-refractivity contribution in [2.45, 2.75) is 51.5 Å². The molecule has 3 rings (SSSR count). The molecule has 0 saturated carbocycles. The first-order chi connectivity index (χ1) is 14.4. The van der Waals surface area contributed by atoms with E-state index in [2.05, 4.69) is 48.1 Å². The van der Waals surface area contributed by atoms with Crippen LogP contribution in [-0.2, 0) is 11.3 Å². The molecule has 1 aromatic carbocycles. The SMILES string of the molecule is CC(C)N(CCn1c(SCC(=O)Nc2ccon2)nc2ccccc2c1=O)C(C)C. The third-order valence-electron chi connectivity index (χ3n) is 4.77. The molecule has 0 aliphatic rings. The number of nitrogens with zero attached hydrogens (tertiary/aromatic N) is 4. The highest BCUT2D eigenvalue weighted by Crippen LogP contribution is 2.19. The Morgan fingerprint density at radius 3 is 2.60 bits per heavy atom. The quantitative estimate of drug-likeness (QED) is 0.412. The normalized spacial score (nSPS) is 11.7. The van der Waals surface area contributed by atoms with E-state index in [1.54, 1.807) is 16.7 Å². The van der Waals surface area contributed by atoms with Gasteiger partial charge >= 0.3 is 0 Å². The van der Waals surface area contributed by atoms with Crippen molar-refractivity contribution in [3.05, 3.63) is 46.9 Å². The van der Waals surface area contributed by atoms with Gasteiger partial charge in [0.05, 0.1) is 16.7 Å². The minimum atomic E-state index is -0.242. The average Bonchev–Trinajstić information content (AvgIpc) is 3.20. The number of fused-ring (bicyclic) bond motifs is 1. The van der Waals surface area contributed by atoms with Crippen molar-refractivity contribution in [3.8, 4) is 0 Å². The number of hydrogen-bond acceptors (Lipinski definition) is 7. The highest BCUT2D eigenvalue weighted by molar-refractivity contribution is 7.99. The second kappa shape index (κ2) is 9.90. The second-order valence-corrected chi connectivity index (χ2v) is 8.46. The van der Waals surface area contributed by atoms with Crippen molar-refractivity contribution in [1.82, 2.24) is 19.6 Å². The molecule has 0 aliphatic heterocycles. The summed E-state index contributed by atoms with van der Waals surface area (Å²) in [6, 6.07) is 9.58. The summed E-state index contributed by atoms with van der Waals surface area (Å²) in [6.45, 7) is 9.79. The predicted molar refractivity (Wildman–Crippen MR) is 119 cm³/mol. The molecule has 2 aromatic heterocycles. The summed E-state index contributed by atoms with van der Waals surface area (Å²) in [4.78, 5) is 32.4. The van der Waals surface area contributed by atoms with E-state index in [9.17, 15) is 9.59 Å². The molecule has 0 saturated heterocycles. The van der Waals surface area contributed by atoms with E-state index in [4.69, 9.17) is 4.52 Å². The summed E-state index contributed by atoms with van der Waals surface area (Å²) < 4.78 is 6.39. The zero-order valence-corrected chi connectivity index (χ0v) is 18.5. The number of carbonyl (C=O) groups excluding carboxylic acids is 1. The number of amides is 1. The number of benzene rings is 1. The van der Waals surface area contributed by atoms with Crippen LogP contribution in [0, 0.1) is 0 Å². The first kappa shape index (κ1) is 22.0. The van der Waals surface area contributed by atoms with Gasteiger partial charge in [0, 0.05) is 31.2 Å². The topological polar surface area (TPSA) is 93.3 Å². The molecule has 0 bridgehead atoms. The molecule has 0 spiro atoms. The molecular weight excluding hydrogens is 402 g/mol. The molecule has 0 unspecified atom stereocenters. The van der Waals surface area contributed by atoms with Gasteiger partial charge in [-0.3, -0.25) is 19.1 Å². The fourth-order valence-corrected chi connectivity index (χ4v) is 4.19. The van der Waals surface area contributed by atoms with E-state index >= 15 is 0 Å². The predicted octanol–water partition coefficient (Wildman–Crippen LogP) is 3.23. The van der Waals surface area contributed by atoms with Crippen molar-refractivity contribution >= 4 is 34.4 Å². The molecule has 0 fully saturated rings. The summed E-state index contributed by atoms with van der Waals surface area (Å²) in [7, 11) is 0. The van der Waals surface area contributed by atoms with Crippen molar-refractivity contribution in [2.24, 2.45) is 0 Å². The molecule has 30 heavy (non-hydrogen) atoms. The lowest BCUT2D eigenvalue weighted by atomic mass is 10.2. The van der Waals surface area contributed by atoms with Gasteiger partial charge in [-0.15, -0.1) is 0 Å². The number of anilines is 1. The summed E-state index contributed by atoms with van der Waals surface area (Å²) in [5.41, 5.74) is 0.537. The number of hydrogen-bond donors (Lipinski definition) is 1. The number of carbonyl (C=O) groups is 1. The monoisotopic (exact) mass is 429 g/mol. The molecule has 8 nitrogen and oxygen atoms in total. The number of thioether (sulfide) groups is 1. The zero-order valence-electron chi connectivity index (χ0n) is 17.7. The van der Waals surface area contributed by atoms with Crippen LogP contribution in [0.25, 0.3) is 10.9 Å². The van der Waals surface area contributed by atoms with Gasteiger partial charge in [0.25, 0.3) is 5.56 Å². The van der Waals surface area contributed by atoms with Crippen molar-refractivity contribution in [2.75, 3.05) is 17.6 Å². The Labute approximate surface area is 179 Å². The smallest absolute Gasteiger partial charge is 0.262 e. The molecular formula is C21H27N5O3S. The van der Waals surface area contributed by atoms with Crippen molar-refractivity contribution in [3.63, 3.8) is 0 Å². The average molecular weight is 430 g/mol. The molecule has 160 valence electrons. The Hall–Kier alpha value is -2.65. The fourth-order valence-electron chi connectivity index (χ4n) is 3.37. The number of rotatable bonds is 9. The minimum absolute atomic E-state index is 0.0903. The Morgan fingerprint density at radius 1 is 1.20 bits per heavy atom. The van der Waals surface area contributed by atoms with Crippen molar-refractivity contribution in [1.29, 1.82) is 0 Å². The maximum Gasteiger partial charge on any atom is 0.262 e. The van der Waals surface area contributed by atoms with Gasteiger partial charge in [-0.05, 0) is 39.8 Å². The van der Waals surface area contributed by atoms with Crippen LogP contribution in [-0.4, -0.2) is 49.9 Å². The van der Waals surface area contributed by atoms with Crippen LogP contribution in [0.15, 0.2) is 51.1 Å². The summed E-state index contributed by atoms with van der Waals surface area (Å²) >= 11 is 1.24. The molecule has 1 amide bonds. The van der Waals surface area contributed by atoms with E-state index in [1.165, 1.54) is 18.0 Å². The molecule has 9 heteroatoms. The first-order valence-electron chi connectivity index (χ1n) is 9.95. The van der Waals surface area contributed by atoms with Crippen LogP contribution in [0.5, 0.6) is 0 Å². The van der Waals surface area contributed by atoms with Gasteiger partial charge < -0.3 is 9.84 Å². The van der Waals surface area contributed by atoms with Gasteiger partial charge in [-0.2, -0.15) is 0 Å². The molecule has 1 N–H and O–H groups in total. The number of nitrogens with one attached hydrogen (secondary N) is 1. The Balaban J connectivity index is 1.84. The standard InChI is InChI=1S/C21H27N5O3S/c1-14(2)25(15(3)4)10-11-26-20(28)16-7-5-6-8-17(16)22-21(26)30-13-19(27)23-18-9-12-29-24-18/h5-9,12,14-15H,10-11,13H2,1-4H3,(H,23,24,27). The maximum absolute atomic E-state index is 13.2. The minimum Gasteiger partial charge on any atom is -0.363 e. The fraction of sp³-hybridized carbons (Fsp3) is 0.429. The maximum atomic E-state index is 13.2. The Morgan fingerprint density at radius 2 is 1.93 bits per heavy atom. The Kier molecular flexibility index (Phi) is 7.28. The second-order valence-electron chi connectivity index (χ2n) is 7.52. The van der Waals surface area contributed by atoms with Crippen LogP contribution in [0.2, 0.25) is 0 Å². The number of para-hydroxylation sites is 1. The van der Waals surface area contributed by atoms with Gasteiger partial charge in [0.2, 0.25) is 5.91 Å². The summed E-state index contributed by atoms with van der Waals surface area (Å²) in [5, 5.41) is 7.44. The molecule has 3 aromatic rings. The first-order valence-corrected chi connectivity index (χ1v) is 10.9. The van der Waals surface area contributed by atoms with E-state index in [0.29, 0.717) is 47.1 Å². The highest BCUT2D eigenvalue weighted by Gasteiger charge is 2.17. The largest absolute Gasteiger partial charge is 0.363 e. The third kappa shape index (κ3) is 5.28. The third-order valence-corrected chi connectivity index (χ3v) is 5.75. The summed E-state index contributed by atoms with van der Waals surface area (Å²) in [6.07, 6.45) is 1.39. The lowest BCUT2D eigenvalue weighted by molar-refractivity contribution is -0.113. The molecule has 0 radical (unpaired) electrons. The number of aromatic nitrogens is 3. The zero-order chi connectivity index (χ0) is 21.7. The van der Waals surface area contributed by atoms with Gasteiger partial charge in [-0.1, -0.05) is 29.1 Å². The van der Waals surface area contributed by atoms with Crippen LogP contribution in [0.4, 0.5) is 5.82 Å². The van der Waals surface area contributed by atoms with E-state index < -0.39 is 0 Å². The van der Waals surface area contributed by atoms with E-state index in [-0.39, 0.29) is 17.2 Å².